The lowest BCUT2D eigenvalue weighted by Gasteiger charge is -2.22. The van der Waals surface area contributed by atoms with Crippen molar-refractivity contribution >= 4 is 39.5 Å². The highest BCUT2D eigenvalue weighted by molar-refractivity contribution is 7.98. The van der Waals surface area contributed by atoms with Crippen molar-refractivity contribution in [2.45, 2.75) is 24.0 Å². The van der Waals surface area contributed by atoms with E-state index in [2.05, 4.69) is 25.5 Å². The molecule has 0 bridgehead atoms. The molecular formula is C16H17N5O2S. The molecule has 124 valence electrons. The number of thioether (sulfide) groups is 1. The molecule has 24 heavy (non-hydrogen) atoms. The lowest BCUT2D eigenvalue weighted by atomic mass is 10.1. The average Bonchev–Trinajstić information content (AvgIpc) is 3.06. The van der Waals surface area contributed by atoms with Gasteiger partial charge in [0.1, 0.15) is 16.7 Å². The summed E-state index contributed by atoms with van der Waals surface area (Å²) in [5.41, 5.74) is 1.93. The van der Waals surface area contributed by atoms with Crippen LogP contribution in [0.4, 0.5) is 0 Å². The van der Waals surface area contributed by atoms with E-state index in [-0.39, 0.29) is 11.9 Å². The van der Waals surface area contributed by atoms with E-state index >= 15 is 0 Å². The maximum absolute atomic E-state index is 12.6. The highest BCUT2D eigenvalue weighted by Gasteiger charge is 2.21. The molecule has 1 saturated heterocycles. The highest BCUT2D eigenvalue weighted by Crippen LogP contribution is 2.25. The molecule has 8 heteroatoms. The summed E-state index contributed by atoms with van der Waals surface area (Å²) < 4.78 is 5.32. The van der Waals surface area contributed by atoms with Crippen molar-refractivity contribution in [3.05, 3.63) is 24.0 Å². The number of rotatable bonds is 3. The molecule has 0 spiro atoms. The summed E-state index contributed by atoms with van der Waals surface area (Å²) in [6, 6.07) is 3.96. The molecule has 0 atom stereocenters. The minimum atomic E-state index is -0.136. The first kappa shape index (κ1) is 15.3. The quantitative estimate of drug-likeness (QED) is 0.559. The van der Waals surface area contributed by atoms with Crippen molar-refractivity contribution in [1.82, 2.24) is 25.5 Å². The van der Waals surface area contributed by atoms with Crippen LogP contribution in [0.5, 0.6) is 0 Å². The van der Waals surface area contributed by atoms with E-state index in [0.717, 1.165) is 29.1 Å². The number of benzene rings is 1. The van der Waals surface area contributed by atoms with E-state index in [4.69, 9.17) is 4.74 Å². The molecule has 1 amide bonds. The maximum atomic E-state index is 12.6. The first-order valence-electron chi connectivity index (χ1n) is 7.82. The molecule has 0 radical (unpaired) electrons. The SMILES string of the molecule is CSc1ncc2ccc3c(C(=O)NC4CCOCC4)[nH]nc3c2n1. The molecule has 1 aliphatic heterocycles. The zero-order chi connectivity index (χ0) is 16.5. The van der Waals surface area contributed by atoms with Gasteiger partial charge in [-0.05, 0) is 25.2 Å². The van der Waals surface area contributed by atoms with Gasteiger partial charge in [0, 0.05) is 36.2 Å². The zero-order valence-corrected chi connectivity index (χ0v) is 14.0. The van der Waals surface area contributed by atoms with Gasteiger partial charge in [0.2, 0.25) is 0 Å². The molecule has 1 aliphatic rings. The normalized spacial score (nSPS) is 15.9. The Morgan fingerprint density at radius 3 is 2.96 bits per heavy atom. The number of nitrogens with one attached hydrogen (secondary N) is 2. The number of amides is 1. The van der Waals surface area contributed by atoms with Gasteiger partial charge >= 0.3 is 0 Å². The third kappa shape index (κ3) is 2.71. The molecule has 7 nitrogen and oxygen atoms in total. The van der Waals surface area contributed by atoms with E-state index < -0.39 is 0 Å². The lowest BCUT2D eigenvalue weighted by molar-refractivity contribution is 0.0695. The number of nitrogens with zero attached hydrogens (tertiary/aromatic N) is 3. The van der Waals surface area contributed by atoms with Gasteiger partial charge in [0.05, 0.1) is 0 Å². The van der Waals surface area contributed by atoms with Gasteiger partial charge < -0.3 is 10.1 Å². The van der Waals surface area contributed by atoms with Crippen LogP contribution in [-0.4, -0.2) is 51.6 Å². The summed E-state index contributed by atoms with van der Waals surface area (Å²) in [7, 11) is 0. The van der Waals surface area contributed by atoms with Crippen molar-refractivity contribution in [2.24, 2.45) is 0 Å². The molecule has 3 aromatic rings. The Labute approximate surface area is 142 Å². The molecule has 1 fully saturated rings. The van der Waals surface area contributed by atoms with Crippen molar-refractivity contribution in [1.29, 1.82) is 0 Å². The highest BCUT2D eigenvalue weighted by atomic mass is 32.2. The summed E-state index contributed by atoms with van der Waals surface area (Å²) in [4.78, 5) is 21.4. The fourth-order valence-corrected chi connectivity index (χ4v) is 3.26. The van der Waals surface area contributed by atoms with Crippen molar-refractivity contribution in [3.8, 4) is 0 Å². The van der Waals surface area contributed by atoms with Crippen LogP contribution >= 0.6 is 11.8 Å². The maximum Gasteiger partial charge on any atom is 0.270 e. The minimum absolute atomic E-state index is 0.136. The van der Waals surface area contributed by atoms with Gasteiger partial charge in [-0.1, -0.05) is 17.8 Å². The van der Waals surface area contributed by atoms with Crippen LogP contribution < -0.4 is 5.32 Å². The second-order valence-corrected chi connectivity index (χ2v) is 6.49. The summed E-state index contributed by atoms with van der Waals surface area (Å²) in [6.45, 7) is 1.38. The standard InChI is InChI=1S/C16H17N5O2S/c1-24-16-17-8-9-2-3-11-13(12(9)19-16)20-21-14(11)15(22)18-10-4-6-23-7-5-10/h2-3,8,10H,4-7H2,1H3,(H,18,22)(H,20,21). The Morgan fingerprint density at radius 2 is 2.17 bits per heavy atom. The Hall–Kier alpha value is -2.19. The van der Waals surface area contributed by atoms with E-state index in [9.17, 15) is 4.79 Å². The number of ether oxygens (including phenoxy) is 1. The van der Waals surface area contributed by atoms with Crippen molar-refractivity contribution < 1.29 is 9.53 Å². The summed E-state index contributed by atoms with van der Waals surface area (Å²) in [5.74, 6) is -0.136. The Bertz CT molecular complexity index is 904. The van der Waals surface area contributed by atoms with E-state index in [1.807, 2.05) is 18.4 Å². The number of H-pyrrole nitrogens is 1. The van der Waals surface area contributed by atoms with E-state index in [0.29, 0.717) is 29.6 Å². The van der Waals surface area contributed by atoms with Gasteiger partial charge in [-0.2, -0.15) is 5.10 Å². The van der Waals surface area contributed by atoms with Crippen LogP contribution in [-0.2, 0) is 4.74 Å². The Kier molecular flexibility index (Phi) is 4.07. The van der Waals surface area contributed by atoms with Crippen LogP contribution in [0.1, 0.15) is 23.3 Å². The number of fused-ring (bicyclic) bond motifs is 3. The number of carbonyl (C=O) groups is 1. The molecule has 0 aliphatic carbocycles. The van der Waals surface area contributed by atoms with Crippen molar-refractivity contribution in [3.63, 3.8) is 0 Å². The molecule has 1 aromatic carbocycles. The molecule has 0 unspecified atom stereocenters. The number of hydrogen-bond donors (Lipinski definition) is 2. The summed E-state index contributed by atoms with van der Waals surface area (Å²) >= 11 is 1.48. The van der Waals surface area contributed by atoms with Gasteiger partial charge in [0.25, 0.3) is 5.91 Å². The molecule has 0 saturated carbocycles. The third-order valence-corrected chi connectivity index (χ3v) is 4.78. The topological polar surface area (TPSA) is 92.8 Å². The van der Waals surface area contributed by atoms with Crippen LogP contribution in [0.2, 0.25) is 0 Å². The van der Waals surface area contributed by atoms with Crippen LogP contribution in [0.15, 0.2) is 23.5 Å². The van der Waals surface area contributed by atoms with Gasteiger partial charge in [-0.15, -0.1) is 0 Å². The van der Waals surface area contributed by atoms with Crippen LogP contribution in [0.3, 0.4) is 0 Å². The van der Waals surface area contributed by atoms with Crippen LogP contribution in [0, 0.1) is 0 Å². The monoisotopic (exact) mass is 343 g/mol. The van der Waals surface area contributed by atoms with Gasteiger partial charge in [-0.25, -0.2) is 9.97 Å². The Morgan fingerprint density at radius 1 is 1.33 bits per heavy atom. The van der Waals surface area contributed by atoms with Crippen molar-refractivity contribution in [2.75, 3.05) is 19.5 Å². The first-order valence-corrected chi connectivity index (χ1v) is 9.05. The third-order valence-electron chi connectivity index (χ3n) is 4.22. The Balaban J connectivity index is 1.71. The molecular weight excluding hydrogens is 326 g/mol. The predicted octanol–water partition coefficient (Wildman–Crippen LogP) is 2.14. The average molecular weight is 343 g/mol. The number of hydrogen-bond acceptors (Lipinski definition) is 6. The summed E-state index contributed by atoms with van der Waals surface area (Å²) in [6.07, 6.45) is 5.39. The molecule has 4 rings (SSSR count). The number of carbonyl (C=O) groups excluding carboxylic acids is 1. The largest absolute Gasteiger partial charge is 0.381 e. The van der Waals surface area contributed by atoms with Crippen LogP contribution in [0.25, 0.3) is 21.8 Å². The summed E-state index contributed by atoms with van der Waals surface area (Å²) in [5, 5.41) is 12.6. The molecule has 2 aromatic heterocycles. The molecule has 3 heterocycles. The second kappa shape index (κ2) is 6.37. The smallest absolute Gasteiger partial charge is 0.270 e. The van der Waals surface area contributed by atoms with E-state index in [1.54, 1.807) is 6.20 Å². The minimum Gasteiger partial charge on any atom is -0.381 e. The fourth-order valence-electron chi connectivity index (χ4n) is 2.92. The zero-order valence-electron chi connectivity index (χ0n) is 13.2. The fraction of sp³-hybridized carbons (Fsp3) is 0.375. The molecule has 2 N–H and O–H groups in total. The lowest BCUT2D eigenvalue weighted by Crippen LogP contribution is -2.39. The van der Waals surface area contributed by atoms with Gasteiger partial charge in [-0.3, -0.25) is 9.89 Å². The second-order valence-electron chi connectivity index (χ2n) is 5.71. The number of aromatic amines is 1. The first-order chi connectivity index (χ1) is 11.8. The van der Waals surface area contributed by atoms with E-state index in [1.165, 1.54) is 11.8 Å². The predicted molar refractivity (Wildman–Crippen MR) is 92.3 cm³/mol. The van der Waals surface area contributed by atoms with Gasteiger partial charge in [0.15, 0.2) is 5.16 Å². The number of aromatic nitrogens is 4.